The summed E-state index contributed by atoms with van der Waals surface area (Å²) in [5.41, 5.74) is 0. The highest BCUT2D eigenvalue weighted by molar-refractivity contribution is 7.86. The van der Waals surface area contributed by atoms with Gasteiger partial charge in [-0.2, -0.15) is 8.42 Å². The number of carbonyl (C=O) groups is 2. The minimum Gasteiger partial charge on any atom is -0.550 e. The Morgan fingerprint density at radius 1 is 1.00 bits per heavy atom. The van der Waals surface area contributed by atoms with Crippen molar-refractivity contribution in [3.05, 3.63) is 0 Å². The summed E-state index contributed by atoms with van der Waals surface area (Å²) in [6.07, 6.45) is -0.882. The number of carboxylic acids is 2. The van der Waals surface area contributed by atoms with Crippen LogP contribution in [-0.4, -0.2) is 30.2 Å². The van der Waals surface area contributed by atoms with E-state index in [2.05, 4.69) is 0 Å². The maximum absolute atomic E-state index is 10.9. The fourth-order valence-electron chi connectivity index (χ4n) is 1.89. The Balaban J connectivity index is 2.91. The quantitative estimate of drug-likeness (QED) is 0.533. The first kappa shape index (κ1) is 12.9. The van der Waals surface area contributed by atoms with Gasteiger partial charge in [-0.3, -0.25) is 4.55 Å². The number of carbonyl (C=O) groups excluding carboxylic acids is 2. The lowest BCUT2D eigenvalue weighted by atomic mass is 9.81. The lowest BCUT2D eigenvalue weighted by molar-refractivity contribution is -0.317. The predicted molar refractivity (Wildman–Crippen MR) is 46.2 cm³/mol. The zero-order valence-electron chi connectivity index (χ0n) is 8.16. The van der Waals surface area contributed by atoms with Crippen LogP contribution in [0.4, 0.5) is 0 Å². The summed E-state index contributed by atoms with van der Waals surface area (Å²) in [6.45, 7) is 0. The van der Waals surface area contributed by atoms with E-state index in [1.165, 1.54) is 0 Å². The van der Waals surface area contributed by atoms with Gasteiger partial charge in [-0.15, -0.1) is 0 Å². The molecule has 1 rings (SSSR count). The van der Waals surface area contributed by atoms with E-state index < -0.39 is 39.1 Å². The summed E-state index contributed by atoms with van der Waals surface area (Å²) in [5.74, 6) is -5.41. The molecule has 16 heavy (non-hydrogen) atoms. The van der Waals surface area contributed by atoms with E-state index in [-0.39, 0.29) is 19.3 Å². The average Bonchev–Trinajstić information content (AvgIpc) is 2.15. The molecule has 2 unspecified atom stereocenters. The van der Waals surface area contributed by atoms with Crippen LogP contribution < -0.4 is 10.2 Å². The van der Waals surface area contributed by atoms with Gasteiger partial charge >= 0.3 is 0 Å². The lowest BCUT2D eigenvalue weighted by Crippen LogP contribution is -2.45. The first-order chi connectivity index (χ1) is 7.21. The van der Waals surface area contributed by atoms with Crippen molar-refractivity contribution in [2.45, 2.75) is 24.5 Å². The Morgan fingerprint density at radius 2 is 1.38 bits per heavy atom. The van der Waals surface area contributed by atoms with E-state index in [0.29, 0.717) is 0 Å². The first-order valence-electron chi connectivity index (χ1n) is 4.59. The van der Waals surface area contributed by atoms with Crippen LogP contribution in [0.1, 0.15) is 19.3 Å². The van der Waals surface area contributed by atoms with Gasteiger partial charge in [-0.1, -0.05) is 0 Å². The van der Waals surface area contributed by atoms with Crippen molar-refractivity contribution in [3.8, 4) is 0 Å². The molecular formula is C8H10O7S-2. The van der Waals surface area contributed by atoms with Gasteiger partial charge in [-0.25, -0.2) is 0 Å². The second-order valence-electron chi connectivity index (χ2n) is 3.88. The van der Waals surface area contributed by atoms with Crippen LogP contribution in [0, 0.1) is 11.8 Å². The van der Waals surface area contributed by atoms with E-state index in [1.807, 2.05) is 0 Å². The van der Waals surface area contributed by atoms with Gasteiger partial charge in [0.2, 0.25) is 0 Å². The van der Waals surface area contributed by atoms with Crippen molar-refractivity contribution in [2.24, 2.45) is 11.8 Å². The van der Waals surface area contributed by atoms with Crippen molar-refractivity contribution in [2.75, 3.05) is 0 Å². The van der Waals surface area contributed by atoms with Gasteiger partial charge in [0.05, 0.1) is 5.25 Å². The van der Waals surface area contributed by atoms with Crippen molar-refractivity contribution in [1.29, 1.82) is 0 Å². The van der Waals surface area contributed by atoms with E-state index in [1.54, 1.807) is 0 Å². The molecule has 1 N–H and O–H groups in total. The third-order valence-corrected chi connectivity index (χ3v) is 3.98. The smallest absolute Gasteiger partial charge is 0.267 e. The molecule has 0 aliphatic heterocycles. The average molecular weight is 250 g/mol. The number of aliphatic carboxylic acids is 2. The Hall–Kier alpha value is -1.15. The van der Waals surface area contributed by atoms with Crippen LogP contribution in [0.3, 0.4) is 0 Å². The van der Waals surface area contributed by atoms with Crippen LogP contribution in [0.2, 0.25) is 0 Å². The second kappa shape index (κ2) is 4.38. The highest BCUT2D eigenvalue weighted by atomic mass is 32.2. The first-order valence-corrected chi connectivity index (χ1v) is 6.10. The Morgan fingerprint density at radius 3 is 1.62 bits per heavy atom. The zero-order chi connectivity index (χ0) is 12.5. The highest BCUT2D eigenvalue weighted by Crippen LogP contribution is 2.32. The number of carboxylic acid groups (broad SMARTS) is 2. The molecule has 0 radical (unpaired) electrons. The molecule has 1 saturated carbocycles. The monoisotopic (exact) mass is 250 g/mol. The molecule has 2 atom stereocenters. The minimum absolute atomic E-state index is 0.226. The molecule has 0 aromatic carbocycles. The molecule has 0 saturated heterocycles. The van der Waals surface area contributed by atoms with Crippen LogP contribution in [0.5, 0.6) is 0 Å². The summed E-state index contributed by atoms with van der Waals surface area (Å²) in [7, 11) is -4.44. The van der Waals surface area contributed by atoms with Crippen LogP contribution in [0.25, 0.3) is 0 Å². The van der Waals surface area contributed by atoms with E-state index in [0.717, 1.165) is 0 Å². The fourth-order valence-corrected chi connectivity index (χ4v) is 2.85. The number of hydrogen-bond acceptors (Lipinski definition) is 6. The van der Waals surface area contributed by atoms with Gasteiger partial charge in [0, 0.05) is 23.8 Å². The van der Waals surface area contributed by atoms with Gasteiger partial charge in [0.15, 0.2) is 0 Å². The standard InChI is InChI=1S/C8H12O7S/c9-7(10)4-1-5(8(11)12)3-6(2-4)16(13,14)15/h4-6H,1-3H2,(H,9,10)(H,11,12)(H,13,14,15)/p-2. The Bertz CT molecular complexity index is 377. The maximum atomic E-state index is 10.9. The summed E-state index contributed by atoms with van der Waals surface area (Å²) in [4.78, 5) is 21.2. The van der Waals surface area contributed by atoms with E-state index in [9.17, 15) is 28.2 Å². The molecule has 92 valence electrons. The van der Waals surface area contributed by atoms with Crippen molar-refractivity contribution >= 4 is 22.1 Å². The van der Waals surface area contributed by atoms with E-state index >= 15 is 0 Å². The van der Waals surface area contributed by atoms with Crippen molar-refractivity contribution < 1.29 is 32.8 Å². The lowest BCUT2D eigenvalue weighted by Gasteiger charge is -2.34. The van der Waals surface area contributed by atoms with E-state index in [4.69, 9.17) is 4.55 Å². The third-order valence-electron chi connectivity index (χ3n) is 2.75. The summed E-state index contributed by atoms with van der Waals surface area (Å²) >= 11 is 0. The fraction of sp³-hybridized carbons (Fsp3) is 0.750. The van der Waals surface area contributed by atoms with Gasteiger partial charge in [0.25, 0.3) is 10.1 Å². The van der Waals surface area contributed by atoms with Crippen molar-refractivity contribution in [3.63, 3.8) is 0 Å². The van der Waals surface area contributed by atoms with Gasteiger partial charge in [0.1, 0.15) is 0 Å². The molecule has 0 aromatic heterocycles. The minimum atomic E-state index is -4.44. The summed E-state index contributed by atoms with van der Waals surface area (Å²) in [5, 5.41) is 19.8. The molecule has 0 bridgehead atoms. The normalized spacial score (nSPS) is 30.9. The van der Waals surface area contributed by atoms with Crippen LogP contribution >= 0.6 is 0 Å². The molecule has 1 aliphatic carbocycles. The molecule has 1 fully saturated rings. The second-order valence-corrected chi connectivity index (χ2v) is 5.57. The Labute approximate surface area is 91.8 Å². The predicted octanol–water partition coefficient (Wildman–Crippen LogP) is -2.84. The zero-order valence-corrected chi connectivity index (χ0v) is 8.97. The molecule has 0 heterocycles. The SMILES string of the molecule is O=C([O-])C1CC(C(=O)[O-])CC(S(=O)(=O)O)C1. The molecular weight excluding hydrogens is 240 g/mol. The number of rotatable bonds is 3. The molecule has 0 spiro atoms. The number of hydrogen-bond donors (Lipinski definition) is 1. The van der Waals surface area contributed by atoms with Gasteiger partial charge < -0.3 is 19.8 Å². The van der Waals surface area contributed by atoms with Crippen LogP contribution in [0.15, 0.2) is 0 Å². The summed E-state index contributed by atoms with van der Waals surface area (Å²) < 4.78 is 30.5. The third kappa shape index (κ3) is 2.92. The topological polar surface area (TPSA) is 135 Å². The van der Waals surface area contributed by atoms with Crippen LogP contribution in [-0.2, 0) is 19.7 Å². The molecule has 7 nitrogen and oxygen atoms in total. The largest absolute Gasteiger partial charge is 0.550 e. The highest BCUT2D eigenvalue weighted by Gasteiger charge is 2.36. The Kier molecular flexibility index (Phi) is 3.54. The van der Waals surface area contributed by atoms with Crippen molar-refractivity contribution in [1.82, 2.24) is 0 Å². The summed E-state index contributed by atoms with van der Waals surface area (Å²) in [6, 6.07) is 0. The maximum Gasteiger partial charge on any atom is 0.267 e. The molecule has 1 aliphatic rings. The van der Waals surface area contributed by atoms with Gasteiger partial charge in [-0.05, 0) is 19.3 Å². The molecule has 8 heteroatoms. The molecule has 0 aromatic rings. The molecule has 0 amide bonds.